The zero-order chi connectivity index (χ0) is 16.8. The van der Waals surface area contributed by atoms with Crippen LogP contribution in [0.5, 0.6) is 5.75 Å². The van der Waals surface area contributed by atoms with Gasteiger partial charge in [-0.25, -0.2) is 0 Å². The molecule has 0 heterocycles. The third-order valence-electron chi connectivity index (χ3n) is 5.33. The quantitative estimate of drug-likeness (QED) is 0.868. The first kappa shape index (κ1) is 17.3. The molecule has 4 heteroatoms. The lowest BCUT2D eigenvalue weighted by atomic mass is 9.85. The van der Waals surface area contributed by atoms with Crippen LogP contribution in [0, 0.1) is 5.92 Å². The van der Waals surface area contributed by atoms with Crippen LogP contribution >= 0.6 is 0 Å². The van der Waals surface area contributed by atoms with E-state index in [1.165, 1.54) is 32.1 Å². The summed E-state index contributed by atoms with van der Waals surface area (Å²) in [5.41, 5.74) is 7.08. The molecule has 1 amide bonds. The number of ether oxygens (including phenoxy) is 1. The van der Waals surface area contributed by atoms with Crippen LogP contribution in [0.4, 0.5) is 0 Å². The van der Waals surface area contributed by atoms with Crippen molar-refractivity contribution in [1.29, 1.82) is 0 Å². The molecule has 0 aromatic heterocycles. The summed E-state index contributed by atoms with van der Waals surface area (Å²) < 4.78 is 6.04. The normalized spacial score (nSPS) is 25.2. The molecule has 0 saturated heterocycles. The molecule has 132 valence electrons. The van der Waals surface area contributed by atoms with Crippen LogP contribution < -0.4 is 15.8 Å². The Labute approximate surface area is 145 Å². The summed E-state index contributed by atoms with van der Waals surface area (Å²) in [6.07, 6.45) is 10.5. The van der Waals surface area contributed by atoms with Gasteiger partial charge in [-0.1, -0.05) is 25.0 Å². The fourth-order valence-corrected chi connectivity index (χ4v) is 3.86. The molecule has 24 heavy (non-hydrogen) atoms. The van der Waals surface area contributed by atoms with Crippen LogP contribution in [-0.2, 0) is 11.3 Å². The van der Waals surface area contributed by atoms with E-state index < -0.39 is 0 Å². The van der Waals surface area contributed by atoms with Crippen LogP contribution in [0.1, 0.15) is 63.4 Å². The number of hydrogen-bond acceptors (Lipinski definition) is 3. The molecule has 2 unspecified atom stereocenters. The molecule has 0 bridgehead atoms. The topological polar surface area (TPSA) is 64.4 Å². The largest absolute Gasteiger partial charge is 0.490 e. The molecule has 3 rings (SSSR count). The second-order valence-electron chi connectivity index (χ2n) is 7.36. The number of nitrogens with two attached hydrogens (primary N) is 1. The Hall–Kier alpha value is -1.55. The summed E-state index contributed by atoms with van der Waals surface area (Å²) in [6, 6.07) is 8.32. The number of hydrogen-bond donors (Lipinski definition) is 2. The first-order valence-corrected chi connectivity index (χ1v) is 9.49. The number of nitrogens with one attached hydrogen (secondary N) is 1. The van der Waals surface area contributed by atoms with E-state index in [1.54, 1.807) is 0 Å². The molecule has 2 fully saturated rings. The fraction of sp³-hybridized carbons (Fsp3) is 0.650. The van der Waals surface area contributed by atoms with Crippen LogP contribution in [0.25, 0.3) is 0 Å². The van der Waals surface area contributed by atoms with E-state index in [0.29, 0.717) is 12.6 Å². The lowest BCUT2D eigenvalue weighted by Gasteiger charge is -2.25. The van der Waals surface area contributed by atoms with E-state index >= 15 is 0 Å². The zero-order valence-electron chi connectivity index (χ0n) is 14.5. The van der Waals surface area contributed by atoms with Crippen molar-refractivity contribution in [1.82, 2.24) is 5.32 Å². The van der Waals surface area contributed by atoms with Gasteiger partial charge in [0.25, 0.3) is 0 Å². The summed E-state index contributed by atoms with van der Waals surface area (Å²) in [5, 5.41) is 3.05. The summed E-state index contributed by atoms with van der Waals surface area (Å²) in [7, 11) is 0. The maximum Gasteiger partial charge on any atom is 0.223 e. The molecule has 1 aromatic rings. The Morgan fingerprint density at radius 3 is 2.50 bits per heavy atom. The standard InChI is InChI=1S/C20H30N2O2/c21-17-6-4-5-16(13-17)20(23)22-14-15-9-11-19(12-10-15)24-18-7-2-1-3-8-18/h9-12,16-18H,1-8,13-14,21H2,(H,22,23). The lowest BCUT2D eigenvalue weighted by molar-refractivity contribution is -0.126. The molecule has 2 atom stereocenters. The Bertz CT molecular complexity index is 523. The van der Waals surface area contributed by atoms with E-state index in [1.807, 2.05) is 24.3 Å². The van der Waals surface area contributed by atoms with Crippen LogP contribution in [-0.4, -0.2) is 18.1 Å². The van der Waals surface area contributed by atoms with Crippen molar-refractivity contribution in [3.63, 3.8) is 0 Å². The molecule has 0 radical (unpaired) electrons. The number of carbonyl (C=O) groups is 1. The SMILES string of the molecule is NC1CCCC(C(=O)NCc2ccc(OC3CCCCC3)cc2)C1. The molecule has 0 spiro atoms. The van der Waals surface area contributed by atoms with Gasteiger partial charge in [-0.2, -0.15) is 0 Å². The highest BCUT2D eigenvalue weighted by Crippen LogP contribution is 2.24. The molecular formula is C20H30N2O2. The number of rotatable bonds is 5. The summed E-state index contributed by atoms with van der Waals surface area (Å²) in [6.45, 7) is 0.578. The highest BCUT2D eigenvalue weighted by molar-refractivity contribution is 5.78. The monoisotopic (exact) mass is 330 g/mol. The highest BCUT2D eigenvalue weighted by atomic mass is 16.5. The first-order valence-electron chi connectivity index (χ1n) is 9.49. The second-order valence-corrected chi connectivity index (χ2v) is 7.36. The van der Waals surface area contributed by atoms with Crippen molar-refractivity contribution in [2.45, 2.75) is 76.5 Å². The van der Waals surface area contributed by atoms with Gasteiger partial charge in [-0.05, 0) is 62.6 Å². The van der Waals surface area contributed by atoms with Crippen molar-refractivity contribution in [3.05, 3.63) is 29.8 Å². The van der Waals surface area contributed by atoms with Crippen LogP contribution in [0.15, 0.2) is 24.3 Å². The zero-order valence-corrected chi connectivity index (χ0v) is 14.5. The molecular weight excluding hydrogens is 300 g/mol. The molecule has 2 aliphatic rings. The van der Waals surface area contributed by atoms with Crippen molar-refractivity contribution in [2.75, 3.05) is 0 Å². The second kappa shape index (κ2) is 8.52. The molecule has 2 saturated carbocycles. The van der Waals surface area contributed by atoms with Crippen LogP contribution in [0.2, 0.25) is 0 Å². The Morgan fingerprint density at radius 2 is 1.79 bits per heavy atom. The smallest absolute Gasteiger partial charge is 0.223 e. The number of carbonyl (C=O) groups excluding carboxylic acids is 1. The predicted molar refractivity (Wildman–Crippen MR) is 95.7 cm³/mol. The molecule has 3 N–H and O–H groups in total. The van der Waals surface area contributed by atoms with E-state index in [4.69, 9.17) is 10.5 Å². The molecule has 2 aliphatic carbocycles. The van der Waals surface area contributed by atoms with E-state index in [9.17, 15) is 4.79 Å². The van der Waals surface area contributed by atoms with Gasteiger partial charge in [-0.15, -0.1) is 0 Å². The van der Waals surface area contributed by atoms with E-state index in [2.05, 4.69) is 5.32 Å². The third kappa shape index (κ3) is 4.97. The maximum atomic E-state index is 12.3. The number of benzene rings is 1. The summed E-state index contributed by atoms with van der Waals surface area (Å²) in [4.78, 5) is 12.3. The van der Waals surface area contributed by atoms with Gasteiger partial charge in [0.2, 0.25) is 5.91 Å². The van der Waals surface area contributed by atoms with Gasteiger partial charge in [0.15, 0.2) is 0 Å². The van der Waals surface area contributed by atoms with Crippen LogP contribution in [0.3, 0.4) is 0 Å². The average Bonchev–Trinajstić information content (AvgIpc) is 2.62. The van der Waals surface area contributed by atoms with E-state index in [-0.39, 0.29) is 17.9 Å². The van der Waals surface area contributed by atoms with Crippen molar-refractivity contribution < 1.29 is 9.53 Å². The van der Waals surface area contributed by atoms with Crippen molar-refractivity contribution in [2.24, 2.45) is 11.7 Å². The molecule has 0 aliphatic heterocycles. The Balaban J connectivity index is 1.44. The van der Waals surface area contributed by atoms with Gasteiger partial charge in [0, 0.05) is 18.5 Å². The third-order valence-corrected chi connectivity index (χ3v) is 5.33. The summed E-state index contributed by atoms with van der Waals surface area (Å²) >= 11 is 0. The predicted octanol–water partition coefficient (Wildman–Crippen LogP) is 3.53. The maximum absolute atomic E-state index is 12.3. The minimum absolute atomic E-state index is 0.0858. The molecule has 1 aromatic carbocycles. The number of amides is 1. The van der Waals surface area contributed by atoms with Crippen molar-refractivity contribution >= 4 is 5.91 Å². The Kier molecular flexibility index (Phi) is 6.13. The Morgan fingerprint density at radius 1 is 1.04 bits per heavy atom. The lowest BCUT2D eigenvalue weighted by Crippen LogP contribution is -2.37. The van der Waals surface area contributed by atoms with Gasteiger partial charge >= 0.3 is 0 Å². The average molecular weight is 330 g/mol. The minimum atomic E-state index is 0.0858. The fourth-order valence-electron chi connectivity index (χ4n) is 3.86. The summed E-state index contributed by atoms with van der Waals surface area (Å²) in [5.74, 6) is 1.17. The van der Waals surface area contributed by atoms with Gasteiger partial charge in [0.1, 0.15) is 5.75 Å². The molecule has 4 nitrogen and oxygen atoms in total. The minimum Gasteiger partial charge on any atom is -0.490 e. The van der Waals surface area contributed by atoms with Gasteiger partial charge < -0.3 is 15.8 Å². The highest BCUT2D eigenvalue weighted by Gasteiger charge is 2.24. The first-order chi connectivity index (χ1) is 11.7. The van der Waals surface area contributed by atoms with Gasteiger partial charge in [0.05, 0.1) is 6.10 Å². The van der Waals surface area contributed by atoms with Gasteiger partial charge in [-0.3, -0.25) is 4.79 Å². The van der Waals surface area contributed by atoms with Crippen molar-refractivity contribution in [3.8, 4) is 5.75 Å². The van der Waals surface area contributed by atoms with E-state index in [0.717, 1.165) is 37.0 Å².